The summed E-state index contributed by atoms with van der Waals surface area (Å²) in [7, 11) is 1.63. The molecule has 2 aliphatic heterocycles. The number of nitrogens with zero attached hydrogens (tertiary/aromatic N) is 1. The van der Waals surface area contributed by atoms with Crippen LogP contribution >= 0.6 is 0 Å². The van der Waals surface area contributed by atoms with Gasteiger partial charge in [-0.05, 0) is 34.4 Å². The first kappa shape index (κ1) is 19.6. The molecule has 0 saturated heterocycles. The number of hydrogen-bond donors (Lipinski definition) is 0. The fraction of sp³-hybridized carbons (Fsp3) is 0.138. The lowest BCUT2D eigenvalue weighted by Gasteiger charge is -2.24. The third-order valence-corrected chi connectivity index (χ3v) is 6.79. The van der Waals surface area contributed by atoms with Crippen LogP contribution in [0.4, 0.5) is 5.69 Å². The summed E-state index contributed by atoms with van der Waals surface area (Å²) in [5.41, 5.74) is 5.40. The molecule has 0 fully saturated rings. The van der Waals surface area contributed by atoms with Gasteiger partial charge in [-0.2, -0.15) is 0 Å². The Hall–Kier alpha value is -4.05. The molecule has 0 aromatic heterocycles. The van der Waals surface area contributed by atoms with Gasteiger partial charge in [-0.1, -0.05) is 78.9 Å². The van der Waals surface area contributed by atoms with Crippen LogP contribution < -0.4 is 14.4 Å². The predicted molar refractivity (Wildman–Crippen MR) is 129 cm³/mol. The SMILES string of the molecule is COc1ccc2c(c1)OCC21C(=O)N(Cc2ccccc2-c2ccccc2)c2ccccc21. The van der Waals surface area contributed by atoms with Crippen molar-refractivity contribution in [1.29, 1.82) is 0 Å². The highest BCUT2D eigenvalue weighted by Gasteiger charge is 2.56. The van der Waals surface area contributed by atoms with Crippen LogP contribution in [0.5, 0.6) is 11.5 Å². The highest BCUT2D eigenvalue weighted by molar-refractivity contribution is 6.11. The molecule has 1 unspecified atom stereocenters. The van der Waals surface area contributed by atoms with Crippen LogP contribution in [0.2, 0.25) is 0 Å². The summed E-state index contributed by atoms with van der Waals surface area (Å²) >= 11 is 0. The summed E-state index contributed by atoms with van der Waals surface area (Å²) in [6.07, 6.45) is 0. The van der Waals surface area contributed by atoms with E-state index in [2.05, 4.69) is 30.3 Å². The molecule has 2 heterocycles. The summed E-state index contributed by atoms with van der Waals surface area (Å²) in [5.74, 6) is 1.48. The Kier molecular flexibility index (Phi) is 4.47. The fourth-order valence-electron chi connectivity index (χ4n) is 5.17. The van der Waals surface area contributed by atoms with Gasteiger partial charge in [0.25, 0.3) is 0 Å². The molecule has 6 rings (SSSR count). The Labute approximate surface area is 193 Å². The third kappa shape index (κ3) is 2.87. The number of carbonyl (C=O) groups is 1. The molecule has 33 heavy (non-hydrogen) atoms. The van der Waals surface area contributed by atoms with E-state index in [1.807, 2.05) is 71.6 Å². The highest BCUT2D eigenvalue weighted by Crippen LogP contribution is 2.53. The Bertz CT molecular complexity index is 1360. The molecule has 4 heteroatoms. The lowest BCUT2D eigenvalue weighted by molar-refractivity contribution is -0.122. The van der Waals surface area contributed by atoms with Crippen LogP contribution in [-0.2, 0) is 16.8 Å². The minimum absolute atomic E-state index is 0.0514. The summed E-state index contributed by atoms with van der Waals surface area (Å²) in [6, 6.07) is 32.4. The minimum atomic E-state index is -0.833. The van der Waals surface area contributed by atoms with Crippen LogP contribution in [0.1, 0.15) is 16.7 Å². The number of anilines is 1. The monoisotopic (exact) mass is 433 g/mol. The molecule has 162 valence electrons. The second-order valence-electron chi connectivity index (χ2n) is 8.49. The summed E-state index contributed by atoms with van der Waals surface area (Å²) in [6.45, 7) is 0.788. The molecule has 2 aliphatic rings. The molecule has 4 aromatic carbocycles. The predicted octanol–water partition coefficient (Wildman–Crippen LogP) is 5.59. The number of rotatable bonds is 4. The van der Waals surface area contributed by atoms with Crippen LogP contribution in [0.15, 0.2) is 97.1 Å². The van der Waals surface area contributed by atoms with Crippen molar-refractivity contribution >= 4 is 11.6 Å². The van der Waals surface area contributed by atoms with Gasteiger partial charge >= 0.3 is 0 Å². The highest BCUT2D eigenvalue weighted by atomic mass is 16.5. The van der Waals surface area contributed by atoms with Crippen LogP contribution in [0.3, 0.4) is 0 Å². The number of ether oxygens (including phenoxy) is 2. The lowest BCUT2D eigenvalue weighted by Crippen LogP contribution is -2.42. The first-order valence-corrected chi connectivity index (χ1v) is 11.1. The van der Waals surface area contributed by atoms with Gasteiger partial charge in [0.05, 0.1) is 13.7 Å². The van der Waals surface area contributed by atoms with Crippen molar-refractivity contribution < 1.29 is 14.3 Å². The van der Waals surface area contributed by atoms with Crippen molar-refractivity contribution in [2.45, 2.75) is 12.0 Å². The fourth-order valence-corrected chi connectivity index (χ4v) is 5.17. The molecule has 0 saturated carbocycles. The number of methoxy groups -OCH3 is 1. The van der Waals surface area contributed by atoms with E-state index in [4.69, 9.17) is 9.47 Å². The van der Waals surface area contributed by atoms with Gasteiger partial charge in [0.2, 0.25) is 5.91 Å². The smallest absolute Gasteiger partial charge is 0.246 e. The number of carbonyl (C=O) groups excluding carboxylic acids is 1. The maximum Gasteiger partial charge on any atom is 0.246 e. The number of amides is 1. The Balaban J connectivity index is 1.46. The quantitative estimate of drug-likeness (QED) is 0.421. The van der Waals surface area contributed by atoms with Crippen molar-refractivity contribution in [3.63, 3.8) is 0 Å². The first-order valence-electron chi connectivity index (χ1n) is 11.1. The molecular weight excluding hydrogens is 410 g/mol. The molecule has 0 radical (unpaired) electrons. The Morgan fingerprint density at radius 1 is 0.879 bits per heavy atom. The van der Waals surface area contributed by atoms with Gasteiger partial charge in [0, 0.05) is 17.3 Å². The first-order chi connectivity index (χ1) is 16.2. The van der Waals surface area contributed by atoms with Crippen LogP contribution in [-0.4, -0.2) is 19.6 Å². The second kappa shape index (κ2) is 7.52. The van der Waals surface area contributed by atoms with Crippen LogP contribution in [0.25, 0.3) is 11.1 Å². The zero-order chi connectivity index (χ0) is 22.4. The van der Waals surface area contributed by atoms with Crippen molar-refractivity contribution in [2.75, 3.05) is 18.6 Å². The minimum Gasteiger partial charge on any atom is -0.497 e. The van der Waals surface area contributed by atoms with E-state index < -0.39 is 5.41 Å². The average molecular weight is 434 g/mol. The third-order valence-electron chi connectivity index (χ3n) is 6.79. The number of benzene rings is 4. The lowest BCUT2D eigenvalue weighted by atomic mass is 9.77. The van der Waals surface area contributed by atoms with Gasteiger partial charge in [-0.15, -0.1) is 0 Å². The van der Waals surface area contributed by atoms with Gasteiger partial charge in [0.15, 0.2) is 0 Å². The maximum absolute atomic E-state index is 14.2. The molecule has 0 aliphatic carbocycles. The van der Waals surface area contributed by atoms with Crippen molar-refractivity contribution in [2.24, 2.45) is 0 Å². The largest absolute Gasteiger partial charge is 0.497 e. The number of hydrogen-bond acceptors (Lipinski definition) is 3. The average Bonchev–Trinajstić information content (AvgIpc) is 3.37. The van der Waals surface area contributed by atoms with Crippen molar-refractivity contribution in [3.8, 4) is 22.6 Å². The van der Waals surface area contributed by atoms with Gasteiger partial charge in [0.1, 0.15) is 23.5 Å². The maximum atomic E-state index is 14.2. The zero-order valence-electron chi connectivity index (χ0n) is 18.3. The normalized spacial score (nSPS) is 18.2. The number of fused-ring (bicyclic) bond motifs is 4. The molecule has 1 atom stereocenters. The van der Waals surface area contributed by atoms with Crippen LogP contribution in [0, 0.1) is 0 Å². The number of para-hydroxylation sites is 1. The van der Waals surface area contributed by atoms with E-state index in [0.717, 1.165) is 39.3 Å². The van der Waals surface area contributed by atoms with Crippen molar-refractivity contribution in [1.82, 2.24) is 0 Å². The zero-order valence-corrected chi connectivity index (χ0v) is 18.3. The second-order valence-corrected chi connectivity index (χ2v) is 8.49. The molecule has 1 amide bonds. The molecule has 0 N–H and O–H groups in total. The standard InChI is InChI=1S/C29H23NO3/c1-32-22-15-16-25-27(17-22)33-19-29(25)24-13-7-8-14-26(24)30(28(29)31)18-21-11-5-6-12-23(21)20-9-3-2-4-10-20/h2-17H,18-19H2,1H3. The van der Waals surface area contributed by atoms with E-state index >= 15 is 0 Å². The summed E-state index contributed by atoms with van der Waals surface area (Å²) in [5, 5.41) is 0. The van der Waals surface area contributed by atoms with Gasteiger partial charge in [-0.3, -0.25) is 4.79 Å². The van der Waals surface area contributed by atoms with E-state index in [1.165, 1.54) is 0 Å². The van der Waals surface area contributed by atoms with E-state index in [-0.39, 0.29) is 5.91 Å². The van der Waals surface area contributed by atoms with E-state index in [1.54, 1.807) is 7.11 Å². The summed E-state index contributed by atoms with van der Waals surface area (Å²) < 4.78 is 11.4. The van der Waals surface area contributed by atoms with Gasteiger partial charge in [-0.25, -0.2) is 0 Å². The Morgan fingerprint density at radius 2 is 1.64 bits per heavy atom. The van der Waals surface area contributed by atoms with E-state index in [9.17, 15) is 4.79 Å². The molecule has 4 aromatic rings. The summed E-state index contributed by atoms with van der Waals surface area (Å²) in [4.78, 5) is 16.1. The molecular formula is C29H23NO3. The Morgan fingerprint density at radius 3 is 2.48 bits per heavy atom. The van der Waals surface area contributed by atoms with Crippen molar-refractivity contribution in [3.05, 3.63) is 114 Å². The molecule has 1 spiro atoms. The molecule has 0 bridgehead atoms. The molecule has 4 nitrogen and oxygen atoms in total. The van der Waals surface area contributed by atoms with E-state index in [0.29, 0.717) is 18.9 Å². The topological polar surface area (TPSA) is 38.8 Å². The van der Waals surface area contributed by atoms with Gasteiger partial charge < -0.3 is 14.4 Å².